The zero-order valence-corrected chi connectivity index (χ0v) is 9.87. The first kappa shape index (κ1) is 11.6. The lowest BCUT2D eigenvalue weighted by molar-refractivity contribution is 0.476. The van der Waals surface area contributed by atoms with Crippen molar-refractivity contribution in [1.29, 1.82) is 0 Å². The molecule has 17 heavy (non-hydrogen) atoms. The van der Waals surface area contributed by atoms with Gasteiger partial charge in [-0.2, -0.15) is 0 Å². The van der Waals surface area contributed by atoms with E-state index >= 15 is 0 Å². The number of rotatable bonds is 0. The summed E-state index contributed by atoms with van der Waals surface area (Å²) >= 11 is 0. The Kier molecular flexibility index (Phi) is 2.82. The van der Waals surface area contributed by atoms with Crippen LogP contribution in [-0.2, 0) is 0 Å². The maximum Gasteiger partial charge on any atom is 0.116 e. The molecule has 0 bridgehead atoms. The van der Waals surface area contributed by atoms with Crippen LogP contribution in [0.3, 0.4) is 0 Å². The van der Waals surface area contributed by atoms with Gasteiger partial charge in [0, 0.05) is 11.1 Å². The van der Waals surface area contributed by atoms with E-state index in [2.05, 4.69) is 0 Å². The molecule has 0 fully saturated rings. The predicted octanol–water partition coefficient (Wildman–Crippen LogP) is 3.70. The molecule has 0 aliphatic rings. The van der Waals surface area contributed by atoms with Gasteiger partial charge in [0.1, 0.15) is 5.75 Å². The Morgan fingerprint density at radius 1 is 0.824 bits per heavy atom. The lowest BCUT2D eigenvalue weighted by Crippen LogP contribution is -1.88. The van der Waals surface area contributed by atoms with Crippen molar-refractivity contribution in [3.8, 4) is 5.75 Å². The highest BCUT2D eigenvalue weighted by atomic mass is 35.5. The number of nitrogens with two attached hydrogens (primary N) is 1. The number of hydrogen-bond donors (Lipinski definition) is 2. The third-order valence-corrected chi connectivity index (χ3v) is 2.88. The van der Waals surface area contributed by atoms with Crippen LogP contribution in [0.5, 0.6) is 5.75 Å². The Hall–Kier alpha value is -1.93. The van der Waals surface area contributed by atoms with Gasteiger partial charge >= 0.3 is 0 Å². The average Bonchev–Trinajstić information content (AvgIpc) is 2.31. The fourth-order valence-corrected chi connectivity index (χ4v) is 2.12. The molecule has 86 valence electrons. The van der Waals surface area contributed by atoms with Gasteiger partial charge in [-0.15, -0.1) is 12.4 Å². The molecule has 3 heteroatoms. The Bertz CT molecular complexity index is 694. The molecule has 0 unspecified atom stereocenters. The van der Waals surface area contributed by atoms with Gasteiger partial charge in [0.2, 0.25) is 0 Å². The van der Waals surface area contributed by atoms with Gasteiger partial charge < -0.3 is 10.8 Å². The third-order valence-electron chi connectivity index (χ3n) is 2.88. The van der Waals surface area contributed by atoms with Gasteiger partial charge in [0.25, 0.3) is 0 Å². The van der Waals surface area contributed by atoms with Gasteiger partial charge in [0.05, 0.1) is 0 Å². The zero-order valence-electron chi connectivity index (χ0n) is 9.05. The predicted molar refractivity (Wildman–Crippen MR) is 74.8 cm³/mol. The Balaban J connectivity index is 0.00000108. The van der Waals surface area contributed by atoms with Crippen molar-refractivity contribution >= 4 is 39.6 Å². The first-order valence-electron chi connectivity index (χ1n) is 5.16. The number of aromatic hydroxyl groups is 1. The molecule has 0 aromatic heterocycles. The van der Waals surface area contributed by atoms with E-state index in [1.165, 1.54) is 0 Å². The van der Waals surface area contributed by atoms with Crippen LogP contribution in [0.4, 0.5) is 5.69 Å². The summed E-state index contributed by atoms with van der Waals surface area (Å²) in [6.45, 7) is 0. The number of anilines is 1. The number of phenolic OH excluding ortho intramolecular Hbond substituents is 1. The standard InChI is InChI=1S/C14H11NO.ClH/c15-14-7-9-5-6-10(16)8-13(9)11-3-1-2-4-12(11)14;/h1-8,16H,15H2;1H. The monoisotopic (exact) mass is 245 g/mol. The van der Waals surface area contributed by atoms with Crippen molar-refractivity contribution in [3.05, 3.63) is 48.5 Å². The summed E-state index contributed by atoms with van der Waals surface area (Å²) in [6, 6.07) is 15.2. The van der Waals surface area contributed by atoms with E-state index in [1.54, 1.807) is 12.1 Å². The zero-order chi connectivity index (χ0) is 11.1. The van der Waals surface area contributed by atoms with Crippen molar-refractivity contribution in [2.75, 3.05) is 5.73 Å². The molecule has 0 radical (unpaired) electrons. The molecule has 0 aliphatic heterocycles. The molecule has 0 heterocycles. The minimum Gasteiger partial charge on any atom is -0.508 e. The average molecular weight is 246 g/mol. The SMILES string of the molecule is Cl.Nc1cc2ccc(O)cc2c2ccccc12. The Morgan fingerprint density at radius 3 is 2.29 bits per heavy atom. The van der Waals surface area contributed by atoms with Crippen LogP contribution in [0.1, 0.15) is 0 Å². The summed E-state index contributed by atoms with van der Waals surface area (Å²) in [6.07, 6.45) is 0. The maximum absolute atomic E-state index is 9.53. The first-order valence-corrected chi connectivity index (χ1v) is 5.16. The molecule has 0 atom stereocenters. The van der Waals surface area contributed by atoms with Crippen LogP contribution in [0.2, 0.25) is 0 Å². The topological polar surface area (TPSA) is 46.2 Å². The Labute approximate surface area is 105 Å². The molecule has 3 aromatic carbocycles. The van der Waals surface area contributed by atoms with E-state index in [4.69, 9.17) is 5.73 Å². The van der Waals surface area contributed by atoms with Crippen molar-refractivity contribution in [1.82, 2.24) is 0 Å². The summed E-state index contributed by atoms with van der Waals surface area (Å²) in [5, 5.41) is 13.7. The lowest BCUT2D eigenvalue weighted by Gasteiger charge is -2.07. The van der Waals surface area contributed by atoms with Crippen LogP contribution < -0.4 is 5.73 Å². The first-order chi connectivity index (χ1) is 7.75. The van der Waals surface area contributed by atoms with Gasteiger partial charge in [-0.05, 0) is 34.4 Å². The highest BCUT2D eigenvalue weighted by molar-refractivity contribution is 6.12. The molecule has 3 rings (SSSR count). The molecule has 2 nitrogen and oxygen atoms in total. The van der Waals surface area contributed by atoms with Crippen molar-refractivity contribution < 1.29 is 5.11 Å². The second kappa shape index (κ2) is 4.15. The van der Waals surface area contributed by atoms with E-state index in [1.807, 2.05) is 36.4 Å². The second-order valence-electron chi connectivity index (χ2n) is 3.92. The quantitative estimate of drug-likeness (QED) is 0.469. The fourth-order valence-electron chi connectivity index (χ4n) is 2.12. The smallest absolute Gasteiger partial charge is 0.116 e. The molecule has 0 aliphatic carbocycles. The maximum atomic E-state index is 9.53. The molecular weight excluding hydrogens is 234 g/mol. The largest absolute Gasteiger partial charge is 0.508 e. The van der Waals surface area contributed by atoms with Crippen molar-refractivity contribution in [3.63, 3.8) is 0 Å². The van der Waals surface area contributed by atoms with Crippen LogP contribution in [-0.4, -0.2) is 5.11 Å². The minimum absolute atomic E-state index is 0. The van der Waals surface area contributed by atoms with Crippen molar-refractivity contribution in [2.45, 2.75) is 0 Å². The fraction of sp³-hybridized carbons (Fsp3) is 0. The molecule has 3 aromatic rings. The molecule has 0 saturated carbocycles. The van der Waals surface area contributed by atoms with E-state index in [0.717, 1.165) is 27.2 Å². The summed E-state index contributed by atoms with van der Waals surface area (Å²) in [4.78, 5) is 0. The molecule has 0 saturated heterocycles. The number of hydrogen-bond acceptors (Lipinski definition) is 2. The number of phenols is 1. The van der Waals surface area contributed by atoms with E-state index in [-0.39, 0.29) is 18.2 Å². The van der Waals surface area contributed by atoms with Gasteiger partial charge in [-0.1, -0.05) is 30.3 Å². The van der Waals surface area contributed by atoms with Gasteiger partial charge in [-0.3, -0.25) is 0 Å². The summed E-state index contributed by atoms with van der Waals surface area (Å²) < 4.78 is 0. The number of nitrogen functional groups attached to an aromatic ring is 1. The highest BCUT2D eigenvalue weighted by Gasteiger charge is 2.04. The van der Waals surface area contributed by atoms with Crippen molar-refractivity contribution in [2.24, 2.45) is 0 Å². The molecule has 0 amide bonds. The van der Waals surface area contributed by atoms with Crippen LogP contribution in [0.15, 0.2) is 48.5 Å². The second-order valence-corrected chi connectivity index (χ2v) is 3.92. The van der Waals surface area contributed by atoms with E-state index in [9.17, 15) is 5.11 Å². The number of fused-ring (bicyclic) bond motifs is 3. The van der Waals surface area contributed by atoms with Crippen LogP contribution >= 0.6 is 12.4 Å². The highest BCUT2D eigenvalue weighted by Crippen LogP contribution is 2.31. The molecule has 0 spiro atoms. The van der Waals surface area contributed by atoms with E-state index in [0.29, 0.717) is 0 Å². The third kappa shape index (κ3) is 1.77. The lowest BCUT2D eigenvalue weighted by atomic mass is 10.0. The Morgan fingerprint density at radius 2 is 1.53 bits per heavy atom. The molecular formula is C14H12ClNO. The van der Waals surface area contributed by atoms with Gasteiger partial charge in [-0.25, -0.2) is 0 Å². The van der Waals surface area contributed by atoms with Crippen LogP contribution in [0.25, 0.3) is 21.5 Å². The minimum atomic E-state index is 0. The number of halogens is 1. The normalized spacial score (nSPS) is 10.4. The number of benzene rings is 3. The summed E-state index contributed by atoms with van der Waals surface area (Å²) in [5.74, 6) is 0.280. The van der Waals surface area contributed by atoms with Crippen LogP contribution in [0, 0.1) is 0 Å². The van der Waals surface area contributed by atoms with Gasteiger partial charge in [0.15, 0.2) is 0 Å². The van der Waals surface area contributed by atoms with E-state index < -0.39 is 0 Å². The summed E-state index contributed by atoms with van der Waals surface area (Å²) in [5.41, 5.74) is 6.77. The summed E-state index contributed by atoms with van der Waals surface area (Å²) in [7, 11) is 0. The molecule has 3 N–H and O–H groups in total.